The van der Waals surface area contributed by atoms with E-state index in [1.54, 1.807) is 0 Å². The first kappa shape index (κ1) is 15.0. The predicted octanol–water partition coefficient (Wildman–Crippen LogP) is 1.80. The quantitative estimate of drug-likeness (QED) is 0.833. The van der Waals surface area contributed by atoms with Crippen LogP contribution in [0.3, 0.4) is 0 Å². The fourth-order valence-electron chi connectivity index (χ4n) is 2.78. The molecule has 1 aromatic rings. The smallest absolute Gasteiger partial charge is 0.322 e. The molecule has 1 heterocycles. The van der Waals surface area contributed by atoms with Crippen molar-refractivity contribution in [1.82, 2.24) is 10.2 Å². The number of nitrogens with one attached hydrogen (secondary N) is 1. The molecule has 0 amide bonds. The molecule has 20 heavy (non-hydrogen) atoms. The molecule has 4 heteroatoms. The average molecular weight is 276 g/mol. The van der Waals surface area contributed by atoms with Crippen molar-refractivity contribution in [1.29, 1.82) is 0 Å². The lowest BCUT2D eigenvalue weighted by Crippen LogP contribution is -2.50. The third kappa shape index (κ3) is 4.32. The largest absolute Gasteiger partial charge is 0.468 e. The molecule has 110 valence electrons. The molecule has 1 fully saturated rings. The first-order chi connectivity index (χ1) is 9.69. The van der Waals surface area contributed by atoms with Gasteiger partial charge in [0.25, 0.3) is 0 Å². The summed E-state index contributed by atoms with van der Waals surface area (Å²) in [5.41, 5.74) is 1.34. The molecule has 0 aliphatic carbocycles. The van der Waals surface area contributed by atoms with Crippen molar-refractivity contribution in [3.63, 3.8) is 0 Å². The maximum absolute atomic E-state index is 11.5. The number of hydrogen-bond donors (Lipinski definition) is 1. The molecule has 0 radical (unpaired) electrons. The van der Waals surface area contributed by atoms with E-state index in [-0.39, 0.29) is 12.0 Å². The molecule has 1 aliphatic heterocycles. The molecule has 1 aromatic carbocycles. The Morgan fingerprint density at radius 2 is 2.20 bits per heavy atom. The molecule has 0 aromatic heterocycles. The minimum absolute atomic E-state index is 0.190. The molecular weight excluding hydrogens is 252 g/mol. The van der Waals surface area contributed by atoms with Gasteiger partial charge >= 0.3 is 5.97 Å². The fraction of sp³-hybridized carbons (Fsp3) is 0.562. The lowest BCUT2D eigenvalue weighted by atomic mass is 10.0. The first-order valence-corrected chi connectivity index (χ1v) is 7.29. The van der Waals surface area contributed by atoms with E-state index in [1.165, 1.54) is 19.1 Å². The molecule has 2 unspecified atom stereocenters. The van der Waals surface area contributed by atoms with Gasteiger partial charge in [0.2, 0.25) is 0 Å². The number of piperidine rings is 1. The number of ether oxygens (including phenoxy) is 1. The SMILES string of the molecule is COC(=O)C(C)NC1CCCN(Cc2ccccc2)C1. The summed E-state index contributed by atoms with van der Waals surface area (Å²) in [5, 5.41) is 3.37. The van der Waals surface area contributed by atoms with Gasteiger partial charge in [-0.3, -0.25) is 9.69 Å². The third-order valence-electron chi connectivity index (χ3n) is 3.79. The van der Waals surface area contributed by atoms with Crippen molar-refractivity contribution in [2.45, 2.75) is 38.4 Å². The van der Waals surface area contributed by atoms with Crippen molar-refractivity contribution in [3.05, 3.63) is 35.9 Å². The number of esters is 1. The van der Waals surface area contributed by atoms with Crippen LogP contribution >= 0.6 is 0 Å². The van der Waals surface area contributed by atoms with Gasteiger partial charge in [0.05, 0.1) is 7.11 Å². The van der Waals surface area contributed by atoms with Crippen LogP contribution in [0.1, 0.15) is 25.3 Å². The van der Waals surface area contributed by atoms with Gasteiger partial charge in [-0.25, -0.2) is 0 Å². The van der Waals surface area contributed by atoms with E-state index < -0.39 is 0 Å². The summed E-state index contributed by atoms with van der Waals surface area (Å²) >= 11 is 0. The van der Waals surface area contributed by atoms with Crippen LogP contribution in [0.2, 0.25) is 0 Å². The van der Waals surface area contributed by atoms with E-state index in [4.69, 9.17) is 4.74 Å². The molecule has 4 nitrogen and oxygen atoms in total. The maximum atomic E-state index is 11.5. The standard InChI is InChI=1S/C16H24N2O2/c1-13(16(19)20-2)17-15-9-6-10-18(12-15)11-14-7-4-3-5-8-14/h3-5,7-8,13,15,17H,6,9-12H2,1-2H3. The van der Waals surface area contributed by atoms with Gasteiger partial charge in [-0.1, -0.05) is 30.3 Å². The summed E-state index contributed by atoms with van der Waals surface area (Å²) in [5.74, 6) is -0.190. The van der Waals surface area contributed by atoms with E-state index in [1.807, 2.05) is 13.0 Å². The Balaban J connectivity index is 1.84. The minimum Gasteiger partial charge on any atom is -0.468 e. The molecule has 0 spiro atoms. The second kappa shape index (κ2) is 7.41. The van der Waals surface area contributed by atoms with E-state index in [0.717, 1.165) is 26.1 Å². The number of carbonyl (C=O) groups excluding carboxylic acids is 1. The highest BCUT2D eigenvalue weighted by Gasteiger charge is 2.23. The van der Waals surface area contributed by atoms with Crippen LogP contribution in [0.4, 0.5) is 0 Å². The Hall–Kier alpha value is -1.39. The fourth-order valence-corrected chi connectivity index (χ4v) is 2.78. The highest BCUT2D eigenvalue weighted by atomic mass is 16.5. The lowest BCUT2D eigenvalue weighted by Gasteiger charge is -2.34. The Morgan fingerprint density at radius 3 is 2.90 bits per heavy atom. The molecule has 2 rings (SSSR count). The number of methoxy groups -OCH3 is 1. The molecule has 0 bridgehead atoms. The Bertz CT molecular complexity index is 422. The summed E-state index contributed by atoms with van der Waals surface area (Å²) < 4.78 is 4.76. The maximum Gasteiger partial charge on any atom is 0.322 e. The number of likely N-dealkylation sites (tertiary alicyclic amines) is 1. The number of benzene rings is 1. The van der Waals surface area contributed by atoms with E-state index in [0.29, 0.717) is 6.04 Å². The summed E-state index contributed by atoms with van der Waals surface area (Å²) in [6.07, 6.45) is 2.28. The van der Waals surface area contributed by atoms with Crippen LogP contribution in [0, 0.1) is 0 Å². The predicted molar refractivity (Wildman–Crippen MR) is 79.4 cm³/mol. The number of hydrogen-bond acceptors (Lipinski definition) is 4. The van der Waals surface area contributed by atoms with Crippen LogP contribution in [-0.4, -0.2) is 43.2 Å². The van der Waals surface area contributed by atoms with Crippen molar-refractivity contribution in [2.24, 2.45) is 0 Å². The number of nitrogens with zero attached hydrogens (tertiary/aromatic N) is 1. The van der Waals surface area contributed by atoms with Gasteiger partial charge in [-0.2, -0.15) is 0 Å². The number of rotatable bonds is 5. The van der Waals surface area contributed by atoms with Gasteiger partial charge < -0.3 is 10.1 Å². The van der Waals surface area contributed by atoms with Crippen LogP contribution in [0.15, 0.2) is 30.3 Å². The van der Waals surface area contributed by atoms with Crippen LogP contribution < -0.4 is 5.32 Å². The van der Waals surface area contributed by atoms with E-state index >= 15 is 0 Å². The first-order valence-electron chi connectivity index (χ1n) is 7.29. The Kier molecular flexibility index (Phi) is 5.56. The molecule has 2 atom stereocenters. The summed E-state index contributed by atoms with van der Waals surface area (Å²) in [4.78, 5) is 13.9. The highest BCUT2D eigenvalue weighted by molar-refractivity contribution is 5.75. The van der Waals surface area contributed by atoms with E-state index in [2.05, 4.69) is 34.5 Å². The van der Waals surface area contributed by atoms with Crippen molar-refractivity contribution >= 4 is 5.97 Å². The third-order valence-corrected chi connectivity index (χ3v) is 3.79. The van der Waals surface area contributed by atoms with Gasteiger partial charge in [0.15, 0.2) is 0 Å². The number of carbonyl (C=O) groups is 1. The molecular formula is C16H24N2O2. The van der Waals surface area contributed by atoms with Crippen molar-refractivity contribution in [3.8, 4) is 0 Å². The zero-order valence-electron chi connectivity index (χ0n) is 12.3. The molecule has 1 aliphatic rings. The summed E-state index contributed by atoms with van der Waals surface area (Å²) in [7, 11) is 1.43. The normalized spacial score (nSPS) is 21.4. The van der Waals surface area contributed by atoms with Crippen molar-refractivity contribution < 1.29 is 9.53 Å². The van der Waals surface area contributed by atoms with Gasteiger partial charge in [0, 0.05) is 19.1 Å². The molecule has 0 saturated carbocycles. The molecule has 1 N–H and O–H groups in total. The second-order valence-electron chi connectivity index (χ2n) is 5.47. The zero-order chi connectivity index (χ0) is 14.4. The monoisotopic (exact) mass is 276 g/mol. The van der Waals surface area contributed by atoms with Gasteiger partial charge in [-0.15, -0.1) is 0 Å². The minimum atomic E-state index is -0.235. The van der Waals surface area contributed by atoms with Crippen molar-refractivity contribution in [2.75, 3.05) is 20.2 Å². The Morgan fingerprint density at radius 1 is 1.45 bits per heavy atom. The molecule has 1 saturated heterocycles. The Labute approximate surface area is 121 Å². The second-order valence-corrected chi connectivity index (χ2v) is 5.47. The van der Waals surface area contributed by atoms with Crippen LogP contribution in [0.25, 0.3) is 0 Å². The lowest BCUT2D eigenvalue weighted by molar-refractivity contribution is -0.143. The van der Waals surface area contributed by atoms with Crippen LogP contribution in [-0.2, 0) is 16.1 Å². The average Bonchev–Trinajstić information content (AvgIpc) is 2.47. The van der Waals surface area contributed by atoms with E-state index in [9.17, 15) is 4.79 Å². The summed E-state index contributed by atoms with van der Waals surface area (Å²) in [6.45, 7) is 4.95. The zero-order valence-corrected chi connectivity index (χ0v) is 12.3. The van der Waals surface area contributed by atoms with Gasteiger partial charge in [-0.05, 0) is 31.9 Å². The van der Waals surface area contributed by atoms with Gasteiger partial charge in [0.1, 0.15) is 6.04 Å². The highest BCUT2D eigenvalue weighted by Crippen LogP contribution is 2.14. The summed E-state index contributed by atoms with van der Waals surface area (Å²) in [6, 6.07) is 10.6. The topological polar surface area (TPSA) is 41.6 Å². The van der Waals surface area contributed by atoms with Crippen LogP contribution in [0.5, 0.6) is 0 Å².